The summed E-state index contributed by atoms with van der Waals surface area (Å²) in [7, 11) is 0. The maximum absolute atomic E-state index is 12.9. The molecule has 1 aromatic heterocycles. The van der Waals surface area contributed by atoms with E-state index in [0.717, 1.165) is 22.0 Å². The molecular weight excluding hydrogens is 317 g/mol. The number of pyridine rings is 1. The Morgan fingerprint density at radius 3 is 2.88 bits per heavy atom. The molecule has 1 atom stereocenters. The number of halogens is 3. The second-order valence-electron chi connectivity index (χ2n) is 5.90. The zero-order valence-electron chi connectivity index (χ0n) is 13.2. The van der Waals surface area contributed by atoms with Crippen molar-refractivity contribution in [1.82, 2.24) is 9.88 Å². The van der Waals surface area contributed by atoms with Gasteiger partial charge in [-0.2, -0.15) is 13.2 Å². The first-order valence-corrected chi connectivity index (χ1v) is 7.86. The quantitative estimate of drug-likeness (QED) is 0.796. The molecule has 1 aliphatic heterocycles. The number of fused-ring (bicyclic) bond motifs is 1. The minimum Gasteiger partial charge on any atom is -0.366 e. The molecule has 1 fully saturated rings. The van der Waals surface area contributed by atoms with Gasteiger partial charge in [0.05, 0.1) is 12.3 Å². The fourth-order valence-electron chi connectivity index (χ4n) is 3.06. The number of alkyl halides is 3. The van der Waals surface area contributed by atoms with E-state index in [1.807, 2.05) is 24.3 Å². The van der Waals surface area contributed by atoms with Crippen LogP contribution in [0.25, 0.3) is 10.8 Å². The fourth-order valence-corrected chi connectivity index (χ4v) is 3.06. The molecule has 2 heterocycles. The Kier molecular flexibility index (Phi) is 4.87. The lowest BCUT2D eigenvalue weighted by molar-refractivity contribution is -0.237. The van der Waals surface area contributed by atoms with Crippen LogP contribution in [0.4, 0.5) is 13.2 Å². The maximum atomic E-state index is 12.9. The molecule has 6 heteroatoms. The van der Waals surface area contributed by atoms with Gasteiger partial charge in [-0.05, 0) is 17.0 Å². The van der Waals surface area contributed by atoms with E-state index >= 15 is 0 Å². The highest BCUT2D eigenvalue weighted by atomic mass is 19.4. The zero-order valence-corrected chi connectivity index (χ0v) is 13.2. The molecule has 1 unspecified atom stereocenters. The van der Waals surface area contributed by atoms with E-state index in [1.54, 1.807) is 17.2 Å². The third kappa shape index (κ3) is 3.60. The van der Waals surface area contributed by atoms with Gasteiger partial charge in [0.25, 0.3) is 0 Å². The van der Waals surface area contributed by atoms with Crippen LogP contribution >= 0.6 is 0 Å². The smallest absolute Gasteiger partial charge is 0.366 e. The van der Waals surface area contributed by atoms with Gasteiger partial charge in [-0.25, -0.2) is 0 Å². The summed E-state index contributed by atoms with van der Waals surface area (Å²) in [6, 6.07) is 7.78. The highest BCUT2D eigenvalue weighted by Crippen LogP contribution is 2.28. The molecule has 0 spiro atoms. The SMILES string of the molecule is C=CCc1nccc2c(CN3CCOC(C(F)(F)F)C3)cccc12. The first-order valence-electron chi connectivity index (χ1n) is 7.86. The monoisotopic (exact) mass is 336 g/mol. The molecule has 128 valence electrons. The predicted octanol–water partition coefficient (Wildman–Crippen LogP) is 3.73. The van der Waals surface area contributed by atoms with E-state index in [4.69, 9.17) is 4.74 Å². The Bertz CT molecular complexity index is 730. The third-order valence-corrected chi connectivity index (χ3v) is 4.23. The highest BCUT2D eigenvalue weighted by Gasteiger charge is 2.43. The van der Waals surface area contributed by atoms with E-state index in [0.29, 0.717) is 19.5 Å². The number of hydrogen-bond donors (Lipinski definition) is 0. The topological polar surface area (TPSA) is 25.4 Å². The average molecular weight is 336 g/mol. The van der Waals surface area contributed by atoms with Gasteiger partial charge in [0.1, 0.15) is 0 Å². The van der Waals surface area contributed by atoms with Crippen molar-refractivity contribution in [3.05, 3.63) is 54.4 Å². The van der Waals surface area contributed by atoms with Crippen LogP contribution in [-0.2, 0) is 17.7 Å². The van der Waals surface area contributed by atoms with Crippen LogP contribution < -0.4 is 0 Å². The minimum absolute atomic E-state index is 0.0954. The van der Waals surface area contributed by atoms with Crippen LogP contribution in [0.1, 0.15) is 11.3 Å². The summed E-state index contributed by atoms with van der Waals surface area (Å²) in [5.74, 6) is 0. The zero-order chi connectivity index (χ0) is 17.2. The summed E-state index contributed by atoms with van der Waals surface area (Å²) in [6.45, 7) is 4.66. The molecule has 0 radical (unpaired) electrons. The lowest BCUT2D eigenvalue weighted by Crippen LogP contribution is -2.48. The third-order valence-electron chi connectivity index (χ3n) is 4.23. The molecule has 0 saturated carbocycles. The van der Waals surface area contributed by atoms with Gasteiger partial charge in [-0.1, -0.05) is 24.3 Å². The van der Waals surface area contributed by atoms with Crippen LogP contribution in [0.2, 0.25) is 0 Å². The molecule has 0 aliphatic carbocycles. The van der Waals surface area contributed by atoms with E-state index < -0.39 is 12.3 Å². The molecule has 3 rings (SSSR count). The van der Waals surface area contributed by atoms with Gasteiger partial charge in [0.2, 0.25) is 0 Å². The largest absolute Gasteiger partial charge is 0.415 e. The van der Waals surface area contributed by atoms with Crippen molar-refractivity contribution in [2.75, 3.05) is 19.7 Å². The van der Waals surface area contributed by atoms with Crippen molar-refractivity contribution in [3.63, 3.8) is 0 Å². The van der Waals surface area contributed by atoms with Crippen molar-refractivity contribution >= 4 is 10.8 Å². The molecule has 1 aromatic carbocycles. The summed E-state index contributed by atoms with van der Waals surface area (Å²) in [5, 5.41) is 2.05. The van der Waals surface area contributed by atoms with Crippen LogP contribution in [0.5, 0.6) is 0 Å². The van der Waals surface area contributed by atoms with Crippen molar-refractivity contribution in [2.24, 2.45) is 0 Å². The maximum Gasteiger partial charge on any atom is 0.415 e. The van der Waals surface area contributed by atoms with Gasteiger partial charge in [0, 0.05) is 37.6 Å². The predicted molar refractivity (Wildman–Crippen MR) is 86.7 cm³/mol. The minimum atomic E-state index is -4.32. The van der Waals surface area contributed by atoms with Gasteiger partial charge in [0.15, 0.2) is 6.10 Å². The van der Waals surface area contributed by atoms with Gasteiger partial charge < -0.3 is 4.74 Å². The normalized spacial score (nSPS) is 19.5. The Morgan fingerprint density at radius 1 is 1.29 bits per heavy atom. The molecule has 0 bridgehead atoms. The van der Waals surface area contributed by atoms with Gasteiger partial charge in [-0.3, -0.25) is 9.88 Å². The molecule has 24 heavy (non-hydrogen) atoms. The lowest BCUT2D eigenvalue weighted by Gasteiger charge is -2.34. The molecule has 3 nitrogen and oxygen atoms in total. The lowest BCUT2D eigenvalue weighted by atomic mass is 10.0. The van der Waals surface area contributed by atoms with Crippen molar-refractivity contribution in [3.8, 4) is 0 Å². The average Bonchev–Trinajstić information content (AvgIpc) is 2.55. The van der Waals surface area contributed by atoms with E-state index in [2.05, 4.69) is 11.6 Å². The van der Waals surface area contributed by atoms with Crippen LogP contribution in [-0.4, -0.2) is 41.9 Å². The number of ether oxygens (including phenoxy) is 1. The van der Waals surface area contributed by atoms with Crippen LogP contribution in [0, 0.1) is 0 Å². The standard InChI is InChI=1S/C18H19F3N2O/c1-2-4-16-15-6-3-5-13(14(15)7-8-22-16)11-23-9-10-24-17(12-23)18(19,20)21/h2-3,5-8,17H,1,4,9-12H2. The van der Waals surface area contributed by atoms with Crippen molar-refractivity contribution in [1.29, 1.82) is 0 Å². The first kappa shape index (κ1) is 16.9. The number of benzene rings is 1. The molecule has 0 amide bonds. The fraction of sp³-hybridized carbons (Fsp3) is 0.389. The Labute approximate surface area is 138 Å². The molecule has 2 aromatic rings. The number of aromatic nitrogens is 1. The number of hydrogen-bond acceptors (Lipinski definition) is 3. The van der Waals surface area contributed by atoms with Gasteiger partial charge >= 0.3 is 6.18 Å². The summed E-state index contributed by atoms with van der Waals surface area (Å²) >= 11 is 0. The summed E-state index contributed by atoms with van der Waals surface area (Å²) in [4.78, 5) is 6.17. The summed E-state index contributed by atoms with van der Waals surface area (Å²) in [5.41, 5.74) is 1.93. The number of allylic oxidation sites excluding steroid dienone is 1. The summed E-state index contributed by atoms with van der Waals surface area (Å²) in [6.07, 6.45) is -1.83. The van der Waals surface area contributed by atoms with Crippen molar-refractivity contribution < 1.29 is 17.9 Å². The Balaban J connectivity index is 1.85. The summed E-state index contributed by atoms with van der Waals surface area (Å²) < 4.78 is 43.5. The highest BCUT2D eigenvalue weighted by molar-refractivity contribution is 5.87. The van der Waals surface area contributed by atoms with Crippen LogP contribution in [0.15, 0.2) is 43.1 Å². The number of rotatable bonds is 4. The van der Waals surface area contributed by atoms with E-state index in [1.165, 1.54) is 0 Å². The van der Waals surface area contributed by atoms with Crippen molar-refractivity contribution in [2.45, 2.75) is 25.2 Å². The van der Waals surface area contributed by atoms with Gasteiger partial charge in [-0.15, -0.1) is 6.58 Å². The van der Waals surface area contributed by atoms with E-state index in [9.17, 15) is 13.2 Å². The number of morpholine rings is 1. The Morgan fingerprint density at radius 2 is 2.12 bits per heavy atom. The van der Waals surface area contributed by atoms with Crippen LogP contribution in [0.3, 0.4) is 0 Å². The molecule has 1 saturated heterocycles. The first-order chi connectivity index (χ1) is 11.5. The Hall–Kier alpha value is -1.92. The molecule has 0 N–H and O–H groups in total. The number of nitrogens with zero attached hydrogens (tertiary/aromatic N) is 2. The molecular formula is C18H19F3N2O. The molecule has 1 aliphatic rings. The second-order valence-corrected chi connectivity index (χ2v) is 5.90. The second kappa shape index (κ2) is 6.91. The van der Waals surface area contributed by atoms with E-state index in [-0.39, 0.29) is 13.2 Å².